The average molecular weight is 266 g/mol. The van der Waals surface area contributed by atoms with E-state index >= 15 is 0 Å². The van der Waals surface area contributed by atoms with Crippen LogP contribution in [0.25, 0.3) is 4.85 Å². The van der Waals surface area contributed by atoms with Crippen molar-refractivity contribution in [1.82, 2.24) is 0 Å². The number of rotatable bonds is 4. The first kappa shape index (κ1) is 13.6. The molecule has 0 heterocycles. The molecule has 0 aromatic heterocycles. The SMILES string of the molecule is [C-]#[N+]c1ccc(NC(=O)Cc2ccc(OC)cc2)cc1. The Morgan fingerprint density at radius 3 is 2.35 bits per heavy atom. The summed E-state index contributed by atoms with van der Waals surface area (Å²) in [4.78, 5) is 15.2. The van der Waals surface area contributed by atoms with Gasteiger partial charge in [-0.1, -0.05) is 24.3 Å². The Morgan fingerprint density at radius 1 is 1.15 bits per heavy atom. The van der Waals surface area contributed by atoms with Gasteiger partial charge in [-0.05, 0) is 29.8 Å². The van der Waals surface area contributed by atoms with Crippen molar-refractivity contribution in [1.29, 1.82) is 0 Å². The van der Waals surface area contributed by atoms with Crippen molar-refractivity contribution >= 4 is 17.3 Å². The molecule has 0 aliphatic carbocycles. The number of amides is 1. The Balaban J connectivity index is 1.95. The molecule has 4 heteroatoms. The van der Waals surface area contributed by atoms with Crippen molar-refractivity contribution < 1.29 is 9.53 Å². The molecule has 100 valence electrons. The zero-order valence-corrected chi connectivity index (χ0v) is 11.1. The van der Waals surface area contributed by atoms with Crippen molar-refractivity contribution in [3.63, 3.8) is 0 Å². The molecule has 0 radical (unpaired) electrons. The van der Waals surface area contributed by atoms with E-state index in [2.05, 4.69) is 10.2 Å². The first-order valence-corrected chi connectivity index (χ1v) is 6.11. The molecule has 0 spiro atoms. The zero-order chi connectivity index (χ0) is 14.4. The van der Waals surface area contributed by atoms with Crippen LogP contribution in [-0.2, 0) is 11.2 Å². The summed E-state index contributed by atoms with van der Waals surface area (Å²) in [5, 5.41) is 2.80. The molecule has 2 rings (SSSR count). The Hall–Kier alpha value is -2.80. The largest absolute Gasteiger partial charge is 0.497 e. The van der Waals surface area contributed by atoms with Crippen LogP contribution in [0.4, 0.5) is 11.4 Å². The van der Waals surface area contributed by atoms with Crippen molar-refractivity contribution in [3.8, 4) is 5.75 Å². The van der Waals surface area contributed by atoms with Crippen LogP contribution in [0.2, 0.25) is 0 Å². The van der Waals surface area contributed by atoms with Gasteiger partial charge in [0.05, 0.1) is 20.1 Å². The average Bonchev–Trinajstić information content (AvgIpc) is 2.49. The molecule has 0 saturated heterocycles. The van der Waals surface area contributed by atoms with Gasteiger partial charge in [0.15, 0.2) is 5.69 Å². The summed E-state index contributed by atoms with van der Waals surface area (Å²) < 4.78 is 5.07. The second-order valence-corrected chi connectivity index (χ2v) is 4.23. The van der Waals surface area contributed by atoms with Gasteiger partial charge in [-0.3, -0.25) is 4.79 Å². The lowest BCUT2D eigenvalue weighted by molar-refractivity contribution is -0.115. The molecule has 1 amide bonds. The van der Waals surface area contributed by atoms with Gasteiger partial charge < -0.3 is 10.1 Å². The molecule has 0 aliphatic rings. The molecule has 4 nitrogen and oxygen atoms in total. The van der Waals surface area contributed by atoms with E-state index in [9.17, 15) is 4.79 Å². The summed E-state index contributed by atoms with van der Waals surface area (Å²) >= 11 is 0. The standard InChI is InChI=1S/C16H14N2O2/c1-17-13-5-7-14(8-6-13)18-16(19)11-12-3-9-15(20-2)10-4-12/h3-10H,11H2,2H3,(H,18,19). The Kier molecular flexibility index (Phi) is 4.35. The second kappa shape index (κ2) is 6.39. The number of carbonyl (C=O) groups excluding carboxylic acids is 1. The first-order chi connectivity index (χ1) is 9.71. The van der Waals surface area contributed by atoms with E-state index in [4.69, 9.17) is 11.3 Å². The highest BCUT2D eigenvalue weighted by molar-refractivity contribution is 5.92. The lowest BCUT2D eigenvalue weighted by Crippen LogP contribution is -2.14. The second-order valence-electron chi connectivity index (χ2n) is 4.23. The summed E-state index contributed by atoms with van der Waals surface area (Å²) in [6.45, 7) is 6.86. The monoisotopic (exact) mass is 266 g/mol. The Labute approximate surface area is 117 Å². The van der Waals surface area contributed by atoms with Crippen LogP contribution in [0.5, 0.6) is 5.75 Å². The van der Waals surface area contributed by atoms with Crippen LogP contribution in [0.15, 0.2) is 48.5 Å². The molecular weight excluding hydrogens is 252 g/mol. The lowest BCUT2D eigenvalue weighted by atomic mass is 10.1. The molecule has 20 heavy (non-hydrogen) atoms. The minimum absolute atomic E-state index is 0.0919. The molecule has 2 aromatic rings. The number of ether oxygens (including phenoxy) is 1. The minimum atomic E-state index is -0.0919. The van der Waals surface area contributed by atoms with E-state index in [1.165, 1.54) is 0 Å². The van der Waals surface area contributed by atoms with Gasteiger partial charge in [0.2, 0.25) is 5.91 Å². The number of anilines is 1. The third kappa shape index (κ3) is 3.59. The molecule has 0 aliphatic heterocycles. The lowest BCUT2D eigenvalue weighted by Gasteiger charge is -2.06. The molecule has 0 saturated carbocycles. The maximum atomic E-state index is 11.9. The fourth-order valence-electron chi connectivity index (χ4n) is 1.75. The van der Waals surface area contributed by atoms with Crippen LogP contribution in [0.1, 0.15) is 5.56 Å². The Bertz CT molecular complexity index is 625. The third-order valence-corrected chi connectivity index (χ3v) is 2.80. The van der Waals surface area contributed by atoms with Crippen molar-refractivity contribution in [2.45, 2.75) is 6.42 Å². The molecule has 0 bridgehead atoms. The highest BCUT2D eigenvalue weighted by Gasteiger charge is 2.04. The molecule has 0 fully saturated rings. The van der Waals surface area contributed by atoms with Crippen molar-refractivity contribution in [2.75, 3.05) is 12.4 Å². The highest BCUT2D eigenvalue weighted by atomic mass is 16.5. The maximum Gasteiger partial charge on any atom is 0.228 e. The molecule has 1 N–H and O–H groups in total. The number of hydrogen-bond acceptors (Lipinski definition) is 2. The highest BCUT2D eigenvalue weighted by Crippen LogP contribution is 2.16. The summed E-state index contributed by atoms with van der Waals surface area (Å²) in [6, 6.07) is 14.2. The summed E-state index contributed by atoms with van der Waals surface area (Å²) in [5.74, 6) is 0.676. The smallest absolute Gasteiger partial charge is 0.228 e. The number of nitrogens with one attached hydrogen (secondary N) is 1. The predicted molar refractivity (Wildman–Crippen MR) is 78.0 cm³/mol. The number of nitrogens with zero attached hydrogens (tertiary/aromatic N) is 1. The maximum absolute atomic E-state index is 11.9. The van der Waals surface area contributed by atoms with Crippen LogP contribution in [0.3, 0.4) is 0 Å². The van der Waals surface area contributed by atoms with E-state index < -0.39 is 0 Å². The first-order valence-electron chi connectivity index (χ1n) is 6.11. The van der Waals surface area contributed by atoms with Crippen LogP contribution >= 0.6 is 0 Å². The molecule has 2 aromatic carbocycles. The normalized spacial score (nSPS) is 9.60. The van der Waals surface area contributed by atoms with Crippen LogP contribution in [-0.4, -0.2) is 13.0 Å². The number of carbonyl (C=O) groups is 1. The van der Waals surface area contributed by atoms with Gasteiger partial charge in [-0.15, -0.1) is 0 Å². The number of benzene rings is 2. The van der Waals surface area contributed by atoms with Crippen molar-refractivity contribution in [2.24, 2.45) is 0 Å². The van der Waals surface area contributed by atoms with E-state index in [0.29, 0.717) is 17.8 Å². The van der Waals surface area contributed by atoms with E-state index in [0.717, 1.165) is 11.3 Å². The van der Waals surface area contributed by atoms with Crippen LogP contribution in [0, 0.1) is 6.57 Å². The van der Waals surface area contributed by atoms with Gasteiger partial charge in [0, 0.05) is 5.69 Å². The fourth-order valence-corrected chi connectivity index (χ4v) is 1.75. The quantitative estimate of drug-likeness (QED) is 0.861. The van der Waals surface area contributed by atoms with Crippen molar-refractivity contribution in [3.05, 3.63) is 65.5 Å². The van der Waals surface area contributed by atoms with E-state index in [1.807, 2.05) is 24.3 Å². The van der Waals surface area contributed by atoms with Gasteiger partial charge in [0.1, 0.15) is 5.75 Å². The van der Waals surface area contributed by atoms with E-state index in [-0.39, 0.29) is 5.91 Å². The summed E-state index contributed by atoms with van der Waals surface area (Å²) in [6.07, 6.45) is 0.300. The zero-order valence-electron chi connectivity index (χ0n) is 11.1. The molecular formula is C16H14N2O2. The van der Waals surface area contributed by atoms with Gasteiger partial charge in [-0.25, -0.2) is 4.85 Å². The third-order valence-electron chi connectivity index (χ3n) is 2.80. The number of methoxy groups -OCH3 is 1. The van der Waals surface area contributed by atoms with Crippen LogP contribution < -0.4 is 10.1 Å². The summed E-state index contributed by atoms with van der Waals surface area (Å²) in [7, 11) is 1.61. The fraction of sp³-hybridized carbons (Fsp3) is 0.125. The van der Waals surface area contributed by atoms with Gasteiger partial charge in [-0.2, -0.15) is 0 Å². The molecule has 0 atom stereocenters. The van der Waals surface area contributed by atoms with Gasteiger partial charge in [0.25, 0.3) is 0 Å². The Morgan fingerprint density at radius 2 is 1.80 bits per heavy atom. The molecule has 0 unspecified atom stereocenters. The van der Waals surface area contributed by atoms with Gasteiger partial charge >= 0.3 is 0 Å². The van der Waals surface area contributed by atoms with E-state index in [1.54, 1.807) is 31.4 Å². The summed E-state index contributed by atoms with van der Waals surface area (Å²) in [5.41, 5.74) is 2.16. The number of hydrogen-bond donors (Lipinski definition) is 1. The predicted octanol–water partition coefficient (Wildman–Crippen LogP) is 3.43. The topological polar surface area (TPSA) is 42.7 Å². The minimum Gasteiger partial charge on any atom is -0.497 e.